The Morgan fingerprint density at radius 2 is 1.79 bits per heavy atom. The van der Waals surface area contributed by atoms with Gasteiger partial charge < -0.3 is 14.4 Å². The molecule has 150 valence electrons. The highest BCUT2D eigenvalue weighted by Crippen LogP contribution is 2.31. The van der Waals surface area contributed by atoms with Crippen LogP contribution in [0.2, 0.25) is 0 Å². The summed E-state index contributed by atoms with van der Waals surface area (Å²) in [4.78, 5) is 17.8. The fraction of sp³-hybridized carbons (Fsp3) is 0.542. The first-order chi connectivity index (χ1) is 13.7. The lowest BCUT2D eigenvalue weighted by Crippen LogP contribution is -2.51. The average Bonchev–Trinajstić information content (AvgIpc) is 3.27. The lowest BCUT2D eigenvalue weighted by atomic mass is 9.83. The van der Waals surface area contributed by atoms with Crippen molar-refractivity contribution in [3.8, 4) is 0 Å². The summed E-state index contributed by atoms with van der Waals surface area (Å²) < 4.78 is 2.16. The molecule has 2 aliphatic heterocycles. The van der Waals surface area contributed by atoms with Crippen molar-refractivity contribution in [3.05, 3.63) is 60.4 Å². The predicted molar refractivity (Wildman–Crippen MR) is 113 cm³/mol. The number of hydrogen-bond donors (Lipinski definition) is 0. The van der Waals surface area contributed by atoms with Gasteiger partial charge in [-0.3, -0.25) is 4.79 Å². The van der Waals surface area contributed by atoms with Gasteiger partial charge in [-0.1, -0.05) is 36.8 Å². The van der Waals surface area contributed by atoms with Gasteiger partial charge in [0.05, 0.1) is 12.5 Å². The number of nitrogens with zero attached hydrogens (tertiary/aromatic N) is 3. The molecule has 1 amide bonds. The quantitative estimate of drug-likeness (QED) is 0.753. The number of benzene rings is 1. The lowest BCUT2D eigenvalue weighted by molar-refractivity contribution is -0.131. The Labute approximate surface area is 169 Å². The molecule has 4 heteroatoms. The molecule has 3 heterocycles. The summed E-state index contributed by atoms with van der Waals surface area (Å²) in [6.07, 6.45) is 11.2. The summed E-state index contributed by atoms with van der Waals surface area (Å²) in [6.45, 7) is 3.40. The zero-order chi connectivity index (χ0) is 19.3. The monoisotopic (exact) mass is 379 g/mol. The fourth-order valence-corrected chi connectivity index (χ4v) is 5.19. The lowest BCUT2D eigenvalue weighted by Gasteiger charge is -2.45. The van der Waals surface area contributed by atoms with Crippen molar-refractivity contribution in [3.63, 3.8) is 0 Å². The normalized spacial score (nSPS) is 23.8. The number of aromatic nitrogens is 1. The zero-order valence-corrected chi connectivity index (χ0v) is 17.0. The van der Waals surface area contributed by atoms with E-state index in [4.69, 9.17) is 0 Å². The van der Waals surface area contributed by atoms with Crippen molar-refractivity contribution in [2.75, 3.05) is 26.7 Å². The van der Waals surface area contributed by atoms with Gasteiger partial charge >= 0.3 is 0 Å². The van der Waals surface area contributed by atoms with Gasteiger partial charge in [-0.15, -0.1) is 0 Å². The summed E-state index contributed by atoms with van der Waals surface area (Å²) in [5.74, 6) is 0.875. The summed E-state index contributed by atoms with van der Waals surface area (Å²) in [6, 6.07) is 15.2. The van der Waals surface area contributed by atoms with Crippen LogP contribution in [0.1, 0.15) is 50.1 Å². The van der Waals surface area contributed by atoms with Crippen molar-refractivity contribution in [2.45, 2.75) is 50.6 Å². The van der Waals surface area contributed by atoms with Gasteiger partial charge in [0.25, 0.3) is 0 Å². The minimum atomic E-state index is 0.0590. The Hall–Kier alpha value is -2.07. The van der Waals surface area contributed by atoms with Gasteiger partial charge in [0, 0.05) is 32.0 Å². The maximum Gasteiger partial charge on any atom is 0.224 e. The summed E-state index contributed by atoms with van der Waals surface area (Å²) in [7, 11) is 2.00. The molecule has 0 bridgehead atoms. The smallest absolute Gasteiger partial charge is 0.224 e. The van der Waals surface area contributed by atoms with E-state index in [9.17, 15) is 4.79 Å². The summed E-state index contributed by atoms with van der Waals surface area (Å²) in [5, 5.41) is 0. The third kappa shape index (κ3) is 4.33. The first kappa shape index (κ1) is 19.3. The fourth-order valence-electron chi connectivity index (χ4n) is 5.19. The second-order valence-electron chi connectivity index (χ2n) is 8.54. The van der Waals surface area contributed by atoms with E-state index in [2.05, 4.69) is 46.1 Å². The van der Waals surface area contributed by atoms with Crippen LogP contribution in [-0.4, -0.2) is 53.0 Å². The summed E-state index contributed by atoms with van der Waals surface area (Å²) >= 11 is 0. The molecule has 0 radical (unpaired) electrons. The highest BCUT2D eigenvalue weighted by atomic mass is 16.2. The van der Waals surface area contributed by atoms with E-state index in [1.165, 1.54) is 50.8 Å². The second-order valence-corrected chi connectivity index (χ2v) is 8.54. The molecule has 2 aromatic rings. The van der Waals surface area contributed by atoms with Gasteiger partial charge in [-0.05, 0) is 62.4 Å². The van der Waals surface area contributed by atoms with Crippen molar-refractivity contribution in [2.24, 2.45) is 5.92 Å². The second kappa shape index (κ2) is 8.95. The third-order valence-electron chi connectivity index (χ3n) is 6.70. The van der Waals surface area contributed by atoms with Crippen LogP contribution in [0.15, 0.2) is 54.9 Å². The molecular formula is C24H33N3O. The number of rotatable bonds is 6. The Bertz CT molecular complexity index is 740. The Morgan fingerprint density at radius 1 is 1.04 bits per heavy atom. The standard InChI is InChI=1S/C24H33N3O/c1-25(19-21-12-9-17-26-14-6-5-13-22(21)26)24(28)18-23(27-15-7-8-16-27)20-10-3-2-4-11-20/h2-4,7-8,10-11,15-16,21-23H,5-6,9,12-14,17-19H2,1H3/t21-,22+,23+/m0/s1. The Balaban J connectivity index is 1.42. The molecule has 1 aromatic carbocycles. The van der Waals surface area contributed by atoms with Crippen LogP contribution in [-0.2, 0) is 4.79 Å². The number of fused-ring (bicyclic) bond motifs is 1. The highest BCUT2D eigenvalue weighted by Gasteiger charge is 2.34. The topological polar surface area (TPSA) is 28.5 Å². The maximum atomic E-state index is 13.2. The molecular weight excluding hydrogens is 346 g/mol. The molecule has 0 unspecified atom stereocenters. The molecule has 2 aliphatic rings. The third-order valence-corrected chi connectivity index (χ3v) is 6.70. The summed E-state index contributed by atoms with van der Waals surface area (Å²) in [5.41, 5.74) is 1.19. The maximum absolute atomic E-state index is 13.2. The molecule has 0 spiro atoms. The minimum absolute atomic E-state index is 0.0590. The molecule has 0 N–H and O–H groups in total. The zero-order valence-electron chi connectivity index (χ0n) is 17.0. The molecule has 0 saturated carbocycles. The van der Waals surface area contributed by atoms with E-state index in [1.54, 1.807) is 0 Å². The number of carbonyl (C=O) groups is 1. The first-order valence-corrected chi connectivity index (χ1v) is 10.9. The van der Waals surface area contributed by atoms with Crippen LogP contribution >= 0.6 is 0 Å². The van der Waals surface area contributed by atoms with Crippen LogP contribution in [0.5, 0.6) is 0 Å². The van der Waals surface area contributed by atoms with Gasteiger partial charge in [0.1, 0.15) is 0 Å². The molecule has 1 aromatic heterocycles. The molecule has 0 aliphatic carbocycles. The van der Waals surface area contributed by atoms with Crippen molar-refractivity contribution in [1.82, 2.24) is 14.4 Å². The molecule has 3 atom stereocenters. The number of amides is 1. The predicted octanol–water partition coefficient (Wildman–Crippen LogP) is 4.19. The van der Waals surface area contributed by atoms with Crippen LogP contribution in [0.3, 0.4) is 0 Å². The highest BCUT2D eigenvalue weighted by molar-refractivity contribution is 5.76. The van der Waals surface area contributed by atoms with E-state index in [0.29, 0.717) is 18.4 Å². The van der Waals surface area contributed by atoms with Gasteiger partial charge in [-0.25, -0.2) is 0 Å². The van der Waals surface area contributed by atoms with E-state index >= 15 is 0 Å². The largest absolute Gasteiger partial charge is 0.346 e. The molecule has 4 rings (SSSR count). The molecule has 2 fully saturated rings. The minimum Gasteiger partial charge on any atom is -0.346 e. The van der Waals surface area contributed by atoms with Crippen LogP contribution < -0.4 is 0 Å². The van der Waals surface area contributed by atoms with Gasteiger partial charge in [-0.2, -0.15) is 0 Å². The van der Waals surface area contributed by atoms with E-state index < -0.39 is 0 Å². The number of carbonyl (C=O) groups excluding carboxylic acids is 1. The van der Waals surface area contributed by atoms with Gasteiger partial charge in [0.15, 0.2) is 0 Å². The molecule has 2 saturated heterocycles. The Morgan fingerprint density at radius 3 is 2.57 bits per heavy atom. The van der Waals surface area contributed by atoms with Crippen molar-refractivity contribution >= 4 is 5.91 Å². The van der Waals surface area contributed by atoms with E-state index in [1.807, 2.05) is 30.1 Å². The van der Waals surface area contributed by atoms with E-state index in [0.717, 1.165) is 6.54 Å². The SMILES string of the molecule is CN(C[C@@H]1CCCN2CCCC[C@H]12)C(=O)C[C@H](c1ccccc1)n1cccc1. The molecule has 28 heavy (non-hydrogen) atoms. The number of hydrogen-bond acceptors (Lipinski definition) is 2. The van der Waals surface area contributed by atoms with Crippen molar-refractivity contribution < 1.29 is 4.79 Å². The van der Waals surface area contributed by atoms with Crippen LogP contribution in [0.4, 0.5) is 0 Å². The Kier molecular flexibility index (Phi) is 6.16. The number of piperidine rings is 2. The van der Waals surface area contributed by atoms with Crippen molar-refractivity contribution in [1.29, 1.82) is 0 Å². The first-order valence-electron chi connectivity index (χ1n) is 10.9. The van der Waals surface area contributed by atoms with Crippen LogP contribution in [0.25, 0.3) is 0 Å². The molecule has 4 nitrogen and oxygen atoms in total. The average molecular weight is 380 g/mol. The van der Waals surface area contributed by atoms with Crippen LogP contribution in [0, 0.1) is 5.92 Å². The van der Waals surface area contributed by atoms with E-state index in [-0.39, 0.29) is 11.9 Å². The van der Waals surface area contributed by atoms with Gasteiger partial charge in [0.2, 0.25) is 5.91 Å².